The minimum absolute atomic E-state index is 0.0168. The number of hydrogen-bond donors (Lipinski definition) is 5. The lowest BCUT2D eigenvalue weighted by atomic mass is 10.2. The van der Waals surface area contributed by atoms with Crippen LogP contribution in [0.4, 0.5) is 5.69 Å². The second-order valence-electron chi connectivity index (χ2n) is 4.78. The Morgan fingerprint density at radius 3 is 2.29 bits per heavy atom. The normalized spacial score (nSPS) is 9.33. The first-order valence-electron chi connectivity index (χ1n) is 7.11. The van der Waals surface area contributed by atoms with Crippen molar-refractivity contribution in [1.82, 2.24) is 5.32 Å². The first kappa shape index (κ1) is 18.7. The number of rotatable bonds is 7. The van der Waals surface area contributed by atoms with E-state index in [9.17, 15) is 14.4 Å². The Labute approximate surface area is 138 Å². The van der Waals surface area contributed by atoms with Gasteiger partial charge in [0, 0.05) is 36.6 Å². The lowest BCUT2D eigenvalue weighted by Gasteiger charge is -2.05. The summed E-state index contributed by atoms with van der Waals surface area (Å²) < 4.78 is 0. The first-order valence-corrected chi connectivity index (χ1v) is 7.11. The van der Waals surface area contributed by atoms with E-state index in [-0.39, 0.29) is 37.4 Å². The van der Waals surface area contributed by atoms with Gasteiger partial charge in [-0.2, -0.15) is 0 Å². The number of amidine groups is 1. The van der Waals surface area contributed by atoms with Crippen LogP contribution in [0.3, 0.4) is 0 Å². The third-order valence-electron chi connectivity index (χ3n) is 2.81. The molecule has 0 saturated heterocycles. The monoisotopic (exact) mass is 330 g/mol. The largest absolute Gasteiger partial charge is 0.481 e. The summed E-state index contributed by atoms with van der Waals surface area (Å²) in [4.78, 5) is 33.5. The Morgan fingerprint density at radius 2 is 1.71 bits per heavy atom. The number of nitrogens with two attached hydrogens (primary N) is 1. The molecule has 0 radical (unpaired) electrons. The number of nitrogen functional groups attached to an aromatic ring is 1. The number of nitrogens with one attached hydrogen (secondary N) is 3. The number of aliphatic carboxylic acids is 1. The van der Waals surface area contributed by atoms with Gasteiger partial charge in [-0.3, -0.25) is 25.1 Å². The van der Waals surface area contributed by atoms with Gasteiger partial charge in [0.15, 0.2) is 0 Å². The van der Waals surface area contributed by atoms with Gasteiger partial charge < -0.3 is 16.2 Å². The van der Waals surface area contributed by atoms with Crippen LogP contribution in [0.2, 0.25) is 0 Å². The van der Waals surface area contributed by atoms with Gasteiger partial charge in [0.1, 0.15) is 5.84 Å². The summed E-state index contributed by atoms with van der Waals surface area (Å²) in [6, 6.07) is 8.80. The predicted molar refractivity (Wildman–Crippen MR) is 88.1 cm³/mol. The molecule has 0 aliphatic heterocycles. The third kappa shape index (κ3) is 7.61. The molecule has 0 aromatic heterocycles. The maximum atomic E-state index is 11.7. The lowest BCUT2D eigenvalue weighted by molar-refractivity contribution is -0.136. The highest BCUT2D eigenvalue weighted by Gasteiger charge is 2.06. The molecule has 0 fully saturated rings. The van der Waals surface area contributed by atoms with E-state index in [1.165, 1.54) is 0 Å². The number of benzene rings is 1. The molecule has 0 spiro atoms. The number of carbonyl (C=O) groups excluding carboxylic acids is 2. The van der Waals surface area contributed by atoms with Gasteiger partial charge >= 0.3 is 5.97 Å². The maximum absolute atomic E-state index is 11.7. The summed E-state index contributed by atoms with van der Waals surface area (Å²) in [6.07, 6.45) is 0.00211. The fourth-order valence-electron chi connectivity index (χ4n) is 1.59. The van der Waals surface area contributed by atoms with E-state index >= 15 is 0 Å². The number of carboxylic acids is 1. The molecule has 8 nitrogen and oxygen atoms in total. The Balaban J connectivity index is 2.31. The van der Waals surface area contributed by atoms with Gasteiger partial charge in [0.25, 0.3) is 0 Å². The van der Waals surface area contributed by atoms with E-state index in [4.69, 9.17) is 16.2 Å². The fourth-order valence-corrected chi connectivity index (χ4v) is 1.59. The maximum Gasteiger partial charge on any atom is 0.304 e. The molecule has 8 heteroatoms. The first-order chi connectivity index (χ1) is 11.4. The van der Waals surface area contributed by atoms with Crippen molar-refractivity contribution in [2.45, 2.75) is 25.7 Å². The van der Waals surface area contributed by atoms with E-state index < -0.39 is 11.9 Å². The molecule has 126 valence electrons. The van der Waals surface area contributed by atoms with E-state index in [1.807, 2.05) is 0 Å². The average Bonchev–Trinajstić information content (AvgIpc) is 2.53. The van der Waals surface area contributed by atoms with E-state index in [2.05, 4.69) is 22.6 Å². The highest BCUT2D eigenvalue weighted by Crippen LogP contribution is 2.09. The Kier molecular flexibility index (Phi) is 7.51. The zero-order valence-corrected chi connectivity index (χ0v) is 12.9. The van der Waals surface area contributed by atoms with Crippen LogP contribution in [-0.2, 0) is 14.4 Å². The molecule has 0 saturated carbocycles. The van der Waals surface area contributed by atoms with Crippen LogP contribution < -0.4 is 16.4 Å². The van der Waals surface area contributed by atoms with Crippen LogP contribution in [0.25, 0.3) is 0 Å². The van der Waals surface area contributed by atoms with Gasteiger partial charge in [-0.1, -0.05) is 5.92 Å². The molecule has 0 atom stereocenters. The average molecular weight is 330 g/mol. The summed E-state index contributed by atoms with van der Waals surface area (Å²) in [6.45, 7) is 0. The summed E-state index contributed by atoms with van der Waals surface area (Å²) in [7, 11) is 0. The molecule has 6 N–H and O–H groups in total. The minimum atomic E-state index is -0.955. The van der Waals surface area contributed by atoms with Crippen LogP contribution in [-0.4, -0.2) is 28.7 Å². The van der Waals surface area contributed by atoms with Crippen molar-refractivity contribution in [3.63, 3.8) is 0 Å². The molecule has 24 heavy (non-hydrogen) atoms. The lowest BCUT2D eigenvalue weighted by Crippen LogP contribution is -2.20. The Morgan fingerprint density at radius 1 is 1.08 bits per heavy atom. The Bertz CT molecular complexity index is 686. The smallest absolute Gasteiger partial charge is 0.304 e. The molecule has 1 aromatic carbocycles. The van der Waals surface area contributed by atoms with E-state index in [0.29, 0.717) is 11.3 Å². The van der Waals surface area contributed by atoms with Crippen LogP contribution in [0, 0.1) is 17.4 Å². The SMILES string of the molecule is N=C(N)c1ccc(NC(=O)CCC(=O)NC#CCCC(=O)O)cc1. The van der Waals surface area contributed by atoms with Crippen molar-refractivity contribution < 1.29 is 19.5 Å². The van der Waals surface area contributed by atoms with Gasteiger partial charge in [-0.15, -0.1) is 0 Å². The molecule has 0 unspecified atom stereocenters. The Hall–Kier alpha value is -3.34. The fraction of sp³-hybridized carbons (Fsp3) is 0.250. The van der Waals surface area contributed by atoms with Crippen LogP contribution in [0.5, 0.6) is 0 Å². The number of carbonyl (C=O) groups is 3. The zero-order chi connectivity index (χ0) is 17.9. The highest BCUT2D eigenvalue weighted by molar-refractivity contribution is 5.96. The number of amides is 2. The van der Waals surface area contributed by atoms with Crippen molar-refractivity contribution in [3.05, 3.63) is 29.8 Å². The second-order valence-corrected chi connectivity index (χ2v) is 4.78. The molecular weight excluding hydrogens is 312 g/mol. The number of hydrogen-bond acceptors (Lipinski definition) is 4. The molecule has 0 bridgehead atoms. The quantitative estimate of drug-likeness (QED) is 0.215. The minimum Gasteiger partial charge on any atom is -0.481 e. The molecule has 1 aromatic rings. The van der Waals surface area contributed by atoms with Crippen molar-refractivity contribution in [2.24, 2.45) is 5.73 Å². The van der Waals surface area contributed by atoms with E-state index in [0.717, 1.165) is 0 Å². The van der Waals surface area contributed by atoms with Crippen LogP contribution in [0.15, 0.2) is 24.3 Å². The second kappa shape index (κ2) is 9.63. The molecule has 0 aliphatic rings. The molecule has 2 amide bonds. The van der Waals surface area contributed by atoms with Crippen molar-refractivity contribution >= 4 is 29.3 Å². The van der Waals surface area contributed by atoms with Gasteiger partial charge in [-0.05, 0) is 24.3 Å². The van der Waals surface area contributed by atoms with Crippen molar-refractivity contribution in [2.75, 3.05) is 5.32 Å². The van der Waals surface area contributed by atoms with E-state index in [1.54, 1.807) is 24.3 Å². The zero-order valence-electron chi connectivity index (χ0n) is 12.9. The number of carboxylic acid groups (broad SMARTS) is 1. The molecule has 1 rings (SSSR count). The summed E-state index contributed by atoms with van der Waals surface area (Å²) in [5.74, 6) is 0.732. The molecule has 0 heterocycles. The number of anilines is 1. The summed E-state index contributed by atoms with van der Waals surface area (Å²) >= 11 is 0. The van der Waals surface area contributed by atoms with Crippen LogP contribution >= 0.6 is 0 Å². The topological polar surface area (TPSA) is 145 Å². The van der Waals surface area contributed by atoms with Gasteiger partial charge in [0.05, 0.1) is 6.42 Å². The van der Waals surface area contributed by atoms with Crippen molar-refractivity contribution in [1.29, 1.82) is 5.41 Å². The standard InChI is InChI=1S/C16H18N4O4/c17-16(18)11-4-6-12(7-5-11)20-14(22)9-8-13(21)19-10-2-1-3-15(23)24/h4-7H,1,3,8-9H2,(H3,17,18)(H,19,21)(H,20,22)(H,23,24). The molecule has 0 aliphatic carbocycles. The van der Waals surface area contributed by atoms with Crippen LogP contribution in [0.1, 0.15) is 31.2 Å². The highest BCUT2D eigenvalue weighted by atomic mass is 16.4. The van der Waals surface area contributed by atoms with Gasteiger partial charge in [0.2, 0.25) is 11.8 Å². The summed E-state index contributed by atoms with van der Waals surface area (Å²) in [5.41, 5.74) is 6.42. The van der Waals surface area contributed by atoms with Gasteiger partial charge in [-0.25, -0.2) is 0 Å². The molecular formula is C16H18N4O4. The third-order valence-corrected chi connectivity index (χ3v) is 2.81. The summed E-state index contributed by atoms with van der Waals surface area (Å²) in [5, 5.41) is 20.6. The predicted octanol–water partition coefficient (Wildman–Crippen LogP) is 0.631. The van der Waals surface area contributed by atoms with Crippen molar-refractivity contribution in [3.8, 4) is 12.0 Å².